The SMILES string of the molecule is Cc1nc(-c2cnn(C)c2CNc2noc(CCC(C)C)n2)ncc1O[C@H]1CCC[C@H](C(=O)O)C1. The lowest BCUT2D eigenvalue weighted by molar-refractivity contribution is -0.143. The van der Waals surface area contributed by atoms with Gasteiger partial charge in [0, 0.05) is 13.5 Å². The summed E-state index contributed by atoms with van der Waals surface area (Å²) in [4.78, 5) is 24.9. The first-order valence-electron chi connectivity index (χ1n) is 12.1. The van der Waals surface area contributed by atoms with Crippen LogP contribution >= 0.6 is 0 Å². The van der Waals surface area contributed by atoms with Crippen molar-refractivity contribution in [2.75, 3.05) is 5.32 Å². The summed E-state index contributed by atoms with van der Waals surface area (Å²) in [5, 5.41) is 20.9. The normalized spacial score (nSPS) is 18.1. The number of aromatic nitrogens is 6. The standard InChI is InChI=1S/C24H33N7O4/c1-14(2)8-9-21-29-24(30-35-21)26-12-19-18(11-27-31(19)4)22-25-13-20(15(3)28-22)34-17-7-5-6-16(10-17)23(32)33/h11,13-14,16-17H,5-10,12H2,1-4H3,(H,26,30)(H,32,33)/t16-,17-/m0/s1. The molecule has 35 heavy (non-hydrogen) atoms. The lowest BCUT2D eigenvalue weighted by Crippen LogP contribution is -2.29. The summed E-state index contributed by atoms with van der Waals surface area (Å²) in [5.74, 6) is 1.63. The van der Waals surface area contributed by atoms with Crippen LogP contribution in [0.4, 0.5) is 5.95 Å². The number of carboxylic acid groups (broad SMARTS) is 1. The van der Waals surface area contributed by atoms with Crippen molar-refractivity contribution in [2.45, 2.75) is 71.9 Å². The first-order valence-corrected chi connectivity index (χ1v) is 12.1. The minimum Gasteiger partial charge on any atom is -0.487 e. The molecule has 1 saturated carbocycles. The van der Waals surface area contributed by atoms with Crippen LogP contribution in [-0.2, 0) is 24.8 Å². The third kappa shape index (κ3) is 6.14. The van der Waals surface area contributed by atoms with E-state index in [1.54, 1.807) is 17.1 Å². The van der Waals surface area contributed by atoms with E-state index >= 15 is 0 Å². The summed E-state index contributed by atoms with van der Waals surface area (Å²) in [5.41, 5.74) is 2.37. The van der Waals surface area contributed by atoms with Crippen molar-refractivity contribution >= 4 is 11.9 Å². The van der Waals surface area contributed by atoms with E-state index in [-0.39, 0.29) is 12.0 Å². The molecule has 11 nitrogen and oxygen atoms in total. The Hall–Kier alpha value is -3.50. The summed E-state index contributed by atoms with van der Waals surface area (Å²) in [7, 11) is 1.86. The van der Waals surface area contributed by atoms with Crippen LogP contribution in [0.2, 0.25) is 0 Å². The molecule has 1 fully saturated rings. The number of aliphatic carboxylic acids is 1. The van der Waals surface area contributed by atoms with E-state index in [1.807, 2.05) is 14.0 Å². The van der Waals surface area contributed by atoms with Gasteiger partial charge < -0.3 is 19.7 Å². The monoisotopic (exact) mass is 483 g/mol. The number of hydrogen-bond donors (Lipinski definition) is 2. The number of anilines is 1. The minimum atomic E-state index is -0.757. The topological polar surface area (TPSA) is 141 Å². The third-order valence-electron chi connectivity index (χ3n) is 6.32. The maximum atomic E-state index is 11.3. The van der Waals surface area contributed by atoms with Gasteiger partial charge in [-0.05, 0) is 50.1 Å². The zero-order chi connectivity index (χ0) is 24.9. The molecule has 0 aromatic carbocycles. The van der Waals surface area contributed by atoms with Crippen LogP contribution in [0, 0.1) is 18.8 Å². The van der Waals surface area contributed by atoms with Gasteiger partial charge in [0.05, 0.1) is 47.9 Å². The molecule has 3 aromatic heterocycles. The molecular weight excluding hydrogens is 450 g/mol. The number of carboxylic acids is 1. The second kappa shape index (κ2) is 10.8. The Kier molecular flexibility index (Phi) is 7.62. The molecule has 4 rings (SSSR count). The van der Waals surface area contributed by atoms with Crippen molar-refractivity contribution in [2.24, 2.45) is 18.9 Å². The average Bonchev–Trinajstić information content (AvgIpc) is 3.44. The van der Waals surface area contributed by atoms with Crippen molar-refractivity contribution in [3.8, 4) is 17.1 Å². The predicted molar refractivity (Wildman–Crippen MR) is 128 cm³/mol. The van der Waals surface area contributed by atoms with E-state index in [0.29, 0.717) is 54.4 Å². The van der Waals surface area contributed by atoms with Crippen LogP contribution in [0.5, 0.6) is 5.75 Å². The second-order valence-corrected chi connectivity index (χ2v) is 9.51. The lowest BCUT2D eigenvalue weighted by atomic mass is 9.87. The summed E-state index contributed by atoms with van der Waals surface area (Å²) in [6.07, 6.45) is 7.87. The van der Waals surface area contributed by atoms with Gasteiger partial charge in [0.15, 0.2) is 11.6 Å². The molecule has 0 radical (unpaired) electrons. The molecule has 3 heterocycles. The Morgan fingerprint density at radius 1 is 1.31 bits per heavy atom. The Morgan fingerprint density at radius 2 is 2.14 bits per heavy atom. The maximum absolute atomic E-state index is 11.3. The number of aryl methyl sites for hydroxylation is 3. The second-order valence-electron chi connectivity index (χ2n) is 9.51. The molecule has 2 atom stereocenters. The quantitative estimate of drug-likeness (QED) is 0.437. The average molecular weight is 484 g/mol. The lowest BCUT2D eigenvalue weighted by Gasteiger charge is -2.27. The number of nitrogens with zero attached hydrogens (tertiary/aromatic N) is 6. The summed E-state index contributed by atoms with van der Waals surface area (Å²) < 4.78 is 13.2. The van der Waals surface area contributed by atoms with E-state index in [9.17, 15) is 9.90 Å². The number of ether oxygens (including phenoxy) is 1. The van der Waals surface area contributed by atoms with Gasteiger partial charge in [0.2, 0.25) is 5.89 Å². The Morgan fingerprint density at radius 3 is 2.89 bits per heavy atom. The molecule has 1 aliphatic rings. The molecule has 0 saturated heterocycles. The Balaban J connectivity index is 1.42. The molecule has 0 aliphatic heterocycles. The third-order valence-corrected chi connectivity index (χ3v) is 6.32. The van der Waals surface area contributed by atoms with Crippen LogP contribution in [0.15, 0.2) is 16.9 Å². The highest BCUT2D eigenvalue weighted by atomic mass is 16.5. The molecule has 0 bridgehead atoms. The smallest absolute Gasteiger partial charge is 0.306 e. The van der Waals surface area contributed by atoms with Gasteiger partial charge in [-0.1, -0.05) is 13.8 Å². The van der Waals surface area contributed by atoms with Gasteiger partial charge in [-0.2, -0.15) is 10.1 Å². The van der Waals surface area contributed by atoms with Gasteiger partial charge >= 0.3 is 5.97 Å². The first-order chi connectivity index (χ1) is 16.8. The maximum Gasteiger partial charge on any atom is 0.306 e. The molecular formula is C24H33N7O4. The van der Waals surface area contributed by atoms with Gasteiger partial charge in [-0.15, -0.1) is 0 Å². The first kappa shape index (κ1) is 24.6. The number of nitrogens with one attached hydrogen (secondary N) is 1. The Bertz CT molecular complexity index is 1160. The van der Waals surface area contributed by atoms with Crippen LogP contribution in [0.1, 0.15) is 63.2 Å². The zero-order valence-electron chi connectivity index (χ0n) is 20.7. The van der Waals surface area contributed by atoms with Gasteiger partial charge in [-0.25, -0.2) is 9.97 Å². The molecule has 0 spiro atoms. The number of hydrogen-bond acceptors (Lipinski definition) is 9. The fraction of sp³-hybridized carbons (Fsp3) is 0.583. The Labute approximate surface area is 204 Å². The van der Waals surface area contributed by atoms with Crippen molar-refractivity contribution in [1.29, 1.82) is 0 Å². The van der Waals surface area contributed by atoms with Crippen LogP contribution in [0.3, 0.4) is 0 Å². The highest BCUT2D eigenvalue weighted by Gasteiger charge is 2.28. The zero-order valence-corrected chi connectivity index (χ0v) is 20.7. The number of rotatable bonds is 10. The van der Waals surface area contributed by atoms with Crippen molar-refractivity contribution < 1.29 is 19.2 Å². The van der Waals surface area contributed by atoms with E-state index in [1.165, 1.54) is 0 Å². The van der Waals surface area contributed by atoms with Crippen molar-refractivity contribution in [1.82, 2.24) is 29.9 Å². The molecule has 188 valence electrons. The van der Waals surface area contributed by atoms with Crippen molar-refractivity contribution in [3.05, 3.63) is 29.7 Å². The van der Waals surface area contributed by atoms with E-state index < -0.39 is 5.97 Å². The predicted octanol–water partition coefficient (Wildman–Crippen LogP) is 3.79. The molecule has 2 N–H and O–H groups in total. The van der Waals surface area contributed by atoms with Crippen LogP contribution in [-0.4, -0.2) is 47.1 Å². The molecule has 11 heteroatoms. The van der Waals surface area contributed by atoms with Crippen LogP contribution in [0.25, 0.3) is 11.4 Å². The minimum absolute atomic E-state index is 0.142. The van der Waals surface area contributed by atoms with Gasteiger partial charge in [0.1, 0.15) is 0 Å². The van der Waals surface area contributed by atoms with E-state index in [4.69, 9.17) is 9.26 Å². The molecule has 1 aliphatic carbocycles. The summed E-state index contributed by atoms with van der Waals surface area (Å²) in [6, 6.07) is 0. The highest BCUT2D eigenvalue weighted by molar-refractivity contribution is 5.70. The number of carbonyl (C=O) groups is 1. The molecule has 0 amide bonds. The van der Waals surface area contributed by atoms with Crippen LogP contribution < -0.4 is 10.1 Å². The van der Waals surface area contributed by atoms with E-state index in [0.717, 1.165) is 36.9 Å². The molecule has 0 unspecified atom stereocenters. The van der Waals surface area contributed by atoms with E-state index in [2.05, 4.69) is 44.4 Å². The van der Waals surface area contributed by atoms with Gasteiger partial charge in [0.25, 0.3) is 5.95 Å². The van der Waals surface area contributed by atoms with Crippen molar-refractivity contribution in [3.63, 3.8) is 0 Å². The fourth-order valence-corrected chi connectivity index (χ4v) is 4.22. The molecule has 3 aromatic rings. The highest BCUT2D eigenvalue weighted by Crippen LogP contribution is 2.30. The largest absolute Gasteiger partial charge is 0.487 e. The fourth-order valence-electron chi connectivity index (χ4n) is 4.22. The summed E-state index contributed by atoms with van der Waals surface area (Å²) >= 11 is 0. The van der Waals surface area contributed by atoms with Gasteiger partial charge in [-0.3, -0.25) is 9.48 Å². The summed E-state index contributed by atoms with van der Waals surface area (Å²) in [6.45, 7) is 6.61.